The van der Waals surface area contributed by atoms with Crippen molar-refractivity contribution in [2.45, 2.75) is 19.8 Å². The summed E-state index contributed by atoms with van der Waals surface area (Å²) < 4.78 is 0. The van der Waals surface area contributed by atoms with Crippen molar-refractivity contribution in [1.29, 1.82) is 5.26 Å². The average Bonchev–Trinajstić information content (AvgIpc) is 2.18. The number of carbonyl (C=O) groups is 1. The predicted octanol–water partition coefficient (Wildman–Crippen LogP) is 3.46. The number of nitrogens with zero attached hydrogens (tertiary/aromatic N) is 1. The van der Waals surface area contributed by atoms with Gasteiger partial charge in [0.1, 0.15) is 0 Å². The van der Waals surface area contributed by atoms with Crippen LogP contribution in [0, 0.1) is 17.2 Å². The molecule has 0 aromatic heterocycles. The third kappa shape index (κ3) is 3.73. The number of ketones is 1. The van der Waals surface area contributed by atoms with Crippen LogP contribution >= 0.6 is 11.6 Å². The lowest BCUT2D eigenvalue weighted by Crippen LogP contribution is -2.05. The number of hydrogen-bond acceptors (Lipinski definition) is 2. The van der Waals surface area contributed by atoms with E-state index < -0.39 is 0 Å². The molecule has 1 atom stereocenters. The van der Waals surface area contributed by atoms with Crippen molar-refractivity contribution in [3.8, 4) is 6.07 Å². The lowest BCUT2D eigenvalue weighted by atomic mass is 9.98. The molecule has 1 unspecified atom stereocenters. The van der Waals surface area contributed by atoms with E-state index in [2.05, 4.69) is 6.07 Å². The Balaban J connectivity index is 2.66. The van der Waals surface area contributed by atoms with Crippen LogP contribution in [0.2, 0.25) is 5.02 Å². The maximum Gasteiger partial charge on any atom is 0.163 e. The van der Waals surface area contributed by atoms with Gasteiger partial charge < -0.3 is 0 Å². The van der Waals surface area contributed by atoms with Crippen molar-refractivity contribution >= 4 is 17.4 Å². The minimum Gasteiger partial charge on any atom is -0.294 e. The number of hydrogen-bond donors (Lipinski definition) is 0. The molecular formula is C12H12ClNO. The molecule has 0 heterocycles. The van der Waals surface area contributed by atoms with E-state index in [-0.39, 0.29) is 11.7 Å². The van der Waals surface area contributed by atoms with Gasteiger partial charge in [0.05, 0.1) is 6.07 Å². The molecule has 0 saturated heterocycles. The minimum absolute atomic E-state index is 0.0419. The van der Waals surface area contributed by atoms with E-state index >= 15 is 0 Å². The summed E-state index contributed by atoms with van der Waals surface area (Å²) in [4.78, 5) is 11.7. The number of benzene rings is 1. The summed E-state index contributed by atoms with van der Waals surface area (Å²) in [5.74, 6) is 0.140. The highest BCUT2D eigenvalue weighted by Gasteiger charge is 2.11. The summed E-state index contributed by atoms with van der Waals surface area (Å²) >= 11 is 5.78. The first-order valence-electron chi connectivity index (χ1n) is 4.79. The van der Waals surface area contributed by atoms with Gasteiger partial charge in [-0.05, 0) is 18.1 Å². The van der Waals surface area contributed by atoms with Gasteiger partial charge in [-0.1, -0.05) is 30.7 Å². The SMILES string of the molecule is CC(CC#N)CC(=O)c1cccc(Cl)c1. The molecule has 0 aliphatic heterocycles. The highest BCUT2D eigenvalue weighted by atomic mass is 35.5. The van der Waals surface area contributed by atoms with E-state index in [0.717, 1.165) is 0 Å². The summed E-state index contributed by atoms with van der Waals surface area (Å²) in [7, 11) is 0. The monoisotopic (exact) mass is 221 g/mol. The van der Waals surface area contributed by atoms with Crippen LogP contribution in [0.3, 0.4) is 0 Å². The first kappa shape index (κ1) is 11.7. The Morgan fingerprint density at radius 3 is 2.93 bits per heavy atom. The summed E-state index contributed by atoms with van der Waals surface area (Å²) in [6.45, 7) is 1.89. The van der Waals surface area contributed by atoms with Gasteiger partial charge in [-0.2, -0.15) is 5.26 Å². The van der Waals surface area contributed by atoms with Gasteiger partial charge in [0.2, 0.25) is 0 Å². The van der Waals surface area contributed by atoms with Gasteiger partial charge in [-0.15, -0.1) is 0 Å². The van der Waals surface area contributed by atoms with Gasteiger partial charge in [-0.3, -0.25) is 4.79 Å². The fourth-order valence-corrected chi connectivity index (χ4v) is 1.51. The Hall–Kier alpha value is -1.33. The third-order valence-corrected chi connectivity index (χ3v) is 2.36. The maximum atomic E-state index is 11.7. The summed E-state index contributed by atoms with van der Waals surface area (Å²) in [5, 5.41) is 9.05. The van der Waals surface area contributed by atoms with E-state index in [4.69, 9.17) is 16.9 Å². The smallest absolute Gasteiger partial charge is 0.163 e. The number of halogens is 1. The van der Waals surface area contributed by atoms with Crippen molar-refractivity contribution in [1.82, 2.24) is 0 Å². The van der Waals surface area contributed by atoms with Crippen molar-refractivity contribution in [3.63, 3.8) is 0 Å². The second-order valence-electron chi connectivity index (χ2n) is 3.61. The van der Waals surface area contributed by atoms with Crippen molar-refractivity contribution < 1.29 is 4.79 Å². The Morgan fingerprint density at radius 2 is 2.33 bits per heavy atom. The third-order valence-electron chi connectivity index (χ3n) is 2.12. The van der Waals surface area contributed by atoms with E-state index in [1.807, 2.05) is 6.92 Å². The molecule has 0 amide bonds. The molecule has 0 aliphatic carbocycles. The van der Waals surface area contributed by atoms with Crippen LogP contribution in [0.5, 0.6) is 0 Å². The fourth-order valence-electron chi connectivity index (χ4n) is 1.32. The van der Waals surface area contributed by atoms with E-state index in [9.17, 15) is 4.79 Å². The summed E-state index contributed by atoms with van der Waals surface area (Å²) in [6.07, 6.45) is 0.806. The second-order valence-corrected chi connectivity index (χ2v) is 4.04. The minimum atomic E-state index is 0.0419. The lowest BCUT2D eigenvalue weighted by Gasteiger charge is -2.05. The van der Waals surface area contributed by atoms with E-state index in [1.165, 1.54) is 0 Å². The van der Waals surface area contributed by atoms with Gasteiger partial charge in [0.15, 0.2) is 5.78 Å². The quantitative estimate of drug-likeness (QED) is 0.731. The van der Waals surface area contributed by atoms with Crippen molar-refractivity contribution in [2.75, 3.05) is 0 Å². The Bertz CT molecular complexity index is 395. The largest absolute Gasteiger partial charge is 0.294 e. The zero-order valence-corrected chi connectivity index (χ0v) is 9.29. The van der Waals surface area contributed by atoms with Crippen molar-refractivity contribution in [2.24, 2.45) is 5.92 Å². The molecule has 1 aromatic rings. The highest BCUT2D eigenvalue weighted by molar-refractivity contribution is 6.31. The number of Topliss-reactive ketones (excluding diaryl/α,β-unsaturated/α-hetero) is 1. The van der Waals surface area contributed by atoms with E-state index in [0.29, 0.717) is 23.4 Å². The zero-order valence-electron chi connectivity index (χ0n) is 8.53. The van der Waals surface area contributed by atoms with Crippen LogP contribution < -0.4 is 0 Å². The van der Waals surface area contributed by atoms with Crippen LogP contribution in [0.4, 0.5) is 0 Å². The second kappa shape index (κ2) is 5.53. The Morgan fingerprint density at radius 1 is 1.60 bits per heavy atom. The molecule has 0 aliphatic rings. The molecule has 0 fully saturated rings. The fraction of sp³-hybridized carbons (Fsp3) is 0.333. The Labute approximate surface area is 94.5 Å². The molecule has 0 N–H and O–H groups in total. The molecule has 0 spiro atoms. The first-order chi connectivity index (χ1) is 7.13. The van der Waals surface area contributed by atoms with Crippen LogP contribution in [0.25, 0.3) is 0 Å². The topological polar surface area (TPSA) is 40.9 Å². The highest BCUT2D eigenvalue weighted by Crippen LogP contribution is 2.15. The molecule has 78 valence electrons. The summed E-state index contributed by atoms with van der Waals surface area (Å²) in [5.41, 5.74) is 0.618. The van der Waals surface area contributed by atoms with Crippen LogP contribution in [-0.2, 0) is 0 Å². The molecule has 1 rings (SSSR count). The number of carbonyl (C=O) groups excluding carboxylic acids is 1. The molecule has 3 heteroatoms. The van der Waals surface area contributed by atoms with Gasteiger partial charge in [-0.25, -0.2) is 0 Å². The predicted molar refractivity (Wildman–Crippen MR) is 59.8 cm³/mol. The lowest BCUT2D eigenvalue weighted by molar-refractivity contribution is 0.0965. The van der Waals surface area contributed by atoms with Gasteiger partial charge >= 0.3 is 0 Å². The van der Waals surface area contributed by atoms with Crippen LogP contribution in [0.15, 0.2) is 24.3 Å². The number of rotatable bonds is 4. The molecular weight excluding hydrogens is 210 g/mol. The first-order valence-corrected chi connectivity index (χ1v) is 5.17. The number of nitriles is 1. The zero-order chi connectivity index (χ0) is 11.3. The standard InChI is InChI=1S/C12H12ClNO/c1-9(5-6-14)7-12(15)10-3-2-4-11(13)8-10/h2-4,8-9H,5,7H2,1H3. The molecule has 15 heavy (non-hydrogen) atoms. The molecule has 1 aromatic carbocycles. The molecule has 0 radical (unpaired) electrons. The molecule has 2 nitrogen and oxygen atoms in total. The summed E-state index contributed by atoms with van der Waals surface area (Å²) in [6, 6.07) is 8.94. The maximum absolute atomic E-state index is 11.7. The normalized spacial score (nSPS) is 11.8. The van der Waals surface area contributed by atoms with Gasteiger partial charge in [0.25, 0.3) is 0 Å². The Kier molecular flexibility index (Phi) is 4.33. The van der Waals surface area contributed by atoms with E-state index in [1.54, 1.807) is 24.3 Å². The van der Waals surface area contributed by atoms with Crippen LogP contribution in [-0.4, -0.2) is 5.78 Å². The van der Waals surface area contributed by atoms with Crippen molar-refractivity contribution in [3.05, 3.63) is 34.9 Å². The molecule has 0 bridgehead atoms. The molecule has 0 saturated carbocycles. The van der Waals surface area contributed by atoms with Gasteiger partial charge in [0, 0.05) is 23.4 Å². The average molecular weight is 222 g/mol. The van der Waals surface area contributed by atoms with Crippen LogP contribution in [0.1, 0.15) is 30.1 Å².